The fourth-order valence-electron chi connectivity index (χ4n) is 1.00. The van der Waals surface area contributed by atoms with Crippen LogP contribution in [-0.2, 0) is 0 Å². The van der Waals surface area contributed by atoms with Crippen molar-refractivity contribution in [3.05, 3.63) is 34.9 Å². The van der Waals surface area contributed by atoms with E-state index in [1.165, 1.54) is 0 Å². The Hall–Kier alpha value is -0.570. The molecule has 2 N–H and O–H groups in total. The highest BCUT2D eigenvalue weighted by Crippen LogP contribution is 2.17. The summed E-state index contributed by atoms with van der Waals surface area (Å²) < 4.78 is 0. The zero-order valence-corrected chi connectivity index (χ0v) is 7.33. The van der Waals surface area contributed by atoms with Gasteiger partial charge in [-0.05, 0) is 17.7 Å². The van der Waals surface area contributed by atoms with E-state index in [4.69, 9.17) is 21.8 Å². The van der Waals surface area contributed by atoms with Crippen LogP contribution in [0.15, 0.2) is 24.3 Å². The van der Waals surface area contributed by atoms with Gasteiger partial charge in [-0.15, -0.1) is 0 Å². The van der Waals surface area contributed by atoms with Gasteiger partial charge in [0.15, 0.2) is 0 Å². The van der Waals surface area contributed by atoms with Crippen LogP contribution < -0.4 is 0 Å². The van der Waals surface area contributed by atoms with Crippen molar-refractivity contribution in [2.75, 3.05) is 13.2 Å². The fourth-order valence-corrected chi connectivity index (χ4v) is 1.13. The highest BCUT2D eigenvalue weighted by molar-refractivity contribution is 6.30. The molecule has 0 bridgehead atoms. The molecule has 0 aliphatic carbocycles. The number of hydrogen-bond acceptors (Lipinski definition) is 2. The Bertz CT molecular complexity index is 229. The molecule has 0 unspecified atom stereocenters. The SMILES string of the molecule is OCC(CO)c1ccc(Cl)cc1. The average Bonchev–Trinajstić information content (AvgIpc) is 2.10. The van der Waals surface area contributed by atoms with E-state index in [0.29, 0.717) is 5.02 Å². The lowest BCUT2D eigenvalue weighted by molar-refractivity contribution is 0.192. The molecule has 0 aromatic heterocycles. The smallest absolute Gasteiger partial charge is 0.0521 e. The van der Waals surface area contributed by atoms with Crippen molar-refractivity contribution >= 4 is 11.6 Å². The van der Waals surface area contributed by atoms with Crippen molar-refractivity contribution < 1.29 is 10.2 Å². The molecule has 1 aromatic rings. The van der Waals surface area contributed by atoms with E-state index in [1.807, 2.05) is 0 Å². The lowest BCUT2D eigenvalue weighted by Crippen LogP contribution is -2.08. The third-order valence-corrected chi connectivity index (χ3v) is 2.03. The number of hydrogen-bond donors (Lipinski definition) is 2. The summed E-state index contributed by atoms with van der Waals surface area (Å²) in [5.41, 5.74) is 0.907. The molecule has 0 saturated heterocycles. The second kappa shape index (κ2) is 4.45. The molecule has 0 aliphatic rings. The summed E-state index contributed by atoms with van der Waals surface area (Å²) in [5, 5.41) is 18.4. The normalized spacial score (nSPS) is 10.7. The summed E-state index contributed by atoms with van der Waals surface area (Å²) in [6.45, 7) is -0.0870. The molecule has 0 spiro atoms. The number of aliphatic hydroxyl groups is 2. The van der Waals surface area contributed by atoms with Gasteiger partial charge < -0.3 is 10.2 Å². The average molecular weight is 187 g/mol. The van der Waals surface area contributed by atoms with Crippen LogP contribution in [0.1, 0.15) is 11.5 Å². The van der Waals surface area contributed by atoms with Gasteiger partial charge in [-0.25, -0.2) is 0 Å². The van der Waals surface area contributed by atoms with Gasteiger partial charge in [-0.2, -0.15) is 0 Å². The summed E-state index contributed by atoms with van der Waals surface area (Å²) in [7, 11) is 0. The molecule has 0 atom stereocenters. The maximum atomic E-state index is 8.86. The number of benzene rings is 1. The lowest BCUT2D eigenvalue weighted by atomic mass is 10.0. The quantitative estimate of drug-likeness (QED) is 0.750. The molecule has 12 heavy (non-hydrogen) atoms. The Morgan fingerprint density at radius 2 is 1.58 bits per heavy atom. The van der Waals surface area contributed by atoms with Gasteiger partial charge in [0.05, 0.1) is 13.2 Å². The third kappa shape index (κ3) is 2.21. The molecule has 2 nitrogen and oxygen atoms in total. The van der Waals surface area contributed by atoms with Crippen LogP contribution in [-0.4, -0.2) is 23.4 Å². The maximum absolute atomic E-state index is 8.86. The second-order valence-corrected chi connectivity index (χ2v) is 3.05. The highest BCUT2D eigenvalue weighted by atomic mass is 35.5. The van der Waals surface area contributed by atoms with E-state index in [9.17, 15) is 0 Å². The molecule has 0 amide bonds. The van der Waals surface area contributed by atoms with E-state index >= 15 is 0 Å². The van der Waals surface area contributed by atoms with Crippen LogP contribution in [0.2, 0.25) is 5.02 Å². The van der Waals surface area contributed by atoms with E-state index < -0.39 is 0 Å². The van der Waals surface area contributed by atoms with Gasteiger partial charge >= 0.3 is 0 Å². The van der Waals surface area contributed by atoms with Crippen LogP contribution in [0.3, 0.4) is 0 Å². The van der Waals surface area contributed by atoms with E-state index in [1.54, 1.807) is 24.3 Å². The first-order chi connectivity index (χ1) is 5.77. The Kier molecular flexibility index (Phi) is 3.53. The van der Waals surface area contributed by atoms with Crippen LogP contribution in [0, 0.1) is 0 Å². The van der Waals surface area contributed by atoms with Crippen molar-refractivity contribution in [2.24, 2.45) is 0 Å². The predicted octanol–water partition coefficient (Wildman–Crippen LogP) is 1.41. The molecule has 0 saturated carbocycles. The van der Waals surface area contributed by atoms with Crippen molar-refractivity contribution in [1.82, 2.24) is 0 Å². The van der Waals surface area contributed by atoms with Crippen LogP contribution in [0.4, 0.5) is 0 Å². The number of rotatable bonds is 3. The number of aliphatic hydroxyl groups excluding tert-OH is 2. The Morgan fingerprint density at radius 1 is 1.08 bits per heavy atom. The minimum absolute atomic E-state index is 0.0435. The predicted molar refractivity (Wildman–Crippen MR) is 48.4 cm³/mol. The molecule has 66 valence electrons. The zero-order valence-electron chi connectivity index (χ0n) is 6.57. The van der Waals surface area contributed by atoms with Gasteiger partial charge in [0, 0.05) is 10.9 Å². The van der Waals surface area contributed by atoms with E-state index in [2.05, 4.69) is 0 Å². The first-order valence-corrected chi connectivity index (χ1v) is 4.13. The van der Waals surface area contributed by atoms with Crippen LogP contribution >= 0.6 is 11.6 Å². The van der Waals surface area contributed by atoms with Crippen molar-refractivity contribution in [3.63, 3.8) is 0 Å². The fraction of sp³-hybridized carbons (Fsp3) is 0.333. The Morgan fingerprint density at radius 3 is 2.00 bits per heavy atom. The van der Waals surface area contributed by atoms with Crippen molar-refractivity contribution in [1.29, 1.82) is 0 Å². The summed E-state index contributed by atoms with van der Waals surface area (Å²) in [6.07, 6.45) is 0. The van der Waals surface area contributed by atoms with Crippen molar-refractivity contribution in [3.8, 4) is 0 Å². The van der Waals surface area contributed by atoms with Crippen LogP contribution in [0.25, 0.3) is 0 Å². The standard InChI is InChI=1S/C9H11ClO2/c10-9-3-1-7(2-4-9)8(5-11)6-12/h1-4,8,11-12H,5-6H2. The minimum Gasteiger partial charge on any atom is -0.396 e. The molecular weight excluding hydrogens is 176 g/mol. The molecule has 0 heterocycles. The number of halogens is 1. The zero-order chi connectivity index (χ0) is 8.97. The van der Waals surface area contributed by atoms with Crippen molar-refractivity contribution in [2.45, 2.75) is 5.92 Å². The van der Waals surface area contributed by atoms with Gasteiger partial charge in [0.1, 0.15) is 0 Å². The molecule has 1 aromatic carbocycles. The first kappa shape index (κ1) is 9.52. The Labute approximate surface area is 76.4 Å². The monoisotopic (exact) mass is 186 g/mol. The topological polar surface area (TPSA) is 40.5 Å². The second-order valence-electron chi connectivity index (χ2n) is 2.61. The summed E-state index contributed by atoms with van der Waals surface area (Å²) in [4.78, 5) is 0. The third-order valence-electron chi connectivity index (χ3n) is 1.78. The first-order valence-electron chi connectivity index (χ1n) is 3.75. The minimum atomic E-state index is -0.192. The lowest BCUT2D eigenvalue weighted by Gasteiger charge is -2.10. The van der Waals surface area contributed by atoms with Gasteiger partial charge in [-0.1, -0.05) is 23.7 Å². The molecule has 0 fully saturated rings. The van der Waals surface area contributed by atoms with Gasteiger partial charge in [0.25, 0.3) is 0 Å². The largest absolute Gasteiger partial charge is 0.396 e. The van der Waals surface area contributed by atoms with Gasteiger partial charge in [0.2, 0.25) is 0 Å². The molecule has 3 heteroatoms. The van der Waals surface area contributed by atoms with Gasteiger partial charge in [-0.3, -0.25) is 0 Å². The van der Waals surface area contributed by atoms with E-state index in [-0.39, 0.29) is 19.1 Å². The molecule has 1 rings (SSSR count). The summed E-state index contributed by atoms with van der Waals surface area (Å²) in [5.74, 6) is -0.192. The van der Waals surface area contributed by atoms with Crippen LogP contribution in [0.5, 0.6) is 0 Å². The molecular formula is C9H11ClO2. The summed E-state index contributed by atoms with van der Waals surface area (Å²) >= 11 is 5.68. The maximum Gasteiger partial charge on any atom is 0.0521 e. The highest BCUT2D eigenvalue weighted by Gasteiger charge is 2.07. The molecule has 0 radical (unpaired) electrons. The molecule has 0 aliphatic heterocycles. The Balaban J connectivity index is 2.80. The summed E-state index contributed by atoms with van der Waals surface area (Å²) in [6, 6.07) is 7.10. The van der Waals surface area contributed by atoms with E-state index in [0.717, 1.165) is 5.56 Å².